The number of ether oxygens (including phenoxy) is 4. The molecule has 0 saturated carbocycles. The lowest BCUT2D eigenvalue weighted by molar-refractivity contribution is -0.161. The summed E-state index contributed by atoms with van der Waals surface area (Å²) in [4.78, 5) is 73.1. The first-order valence-corrected chi connectivity index (χ1v) is 45.7. The number of unbranched alkanes of at least 4 members (excludes halogenated alkanes) is 46. The van der Waals surface area contributed by atoms with Gasteiger partial charge in [0, 0.05) is 25.7 Å². The minimum atomic E-state index is -4.96. The summed E-state index contributed by atoms with van der Waals surface area (Å²) in [5.41, 5.74) is 0. The van der Waals surface area contributed by atoms with E-state index in [0.29, 0.717) is 31.6 Å². The summed E-state index contributed by atoms with van der Waals surface area (Å²) in [5.74, 6) is 0.985. The van der Waals surface area contributed by atoms with Crippen LogP contribution in [-0.2, 0) is 65.4 Å². The first-order chi connectivity index (χ1) is 49.1. The Bertz CT molecular complexity index is 1990. The van der Waals surface area contributed by atoms with Crippen molar-refractivity contribution in [1.29, 1.82) is 0 Å². The molecule has 5 atom stereocenters. The minimum Gasteiger partial charge on any atom is -0.462 e. The summed E-state index contributed by atoms with van der Waals surface area (Å²) in [5, 5.41) is 10.7. The third-order valence-corrected chi connectivity index (χ3v) is 21.2. The van der Waals surface area contributed by atoms with Crippen molar-refractivity contribution in [1.82, 2.24) is 0 Å². The molecule has 0 aromatic carbocycles. The van der Waals surface area contributed by atoms with Crippen molar-refractivity contribution in [3.63, 3.8) is 0 Å². The molecule has 0 aromatic rings. The summed E-state index contributed by atoms with van der Waals surface area (Å²) in [6.07, 6.45) is 59.8. The van der Waals surface area contributed by atoms with Gasteiger partial charge < -0.3 is 33.8 Å². The lowest BCUT2D eigenvalue weighted by Crippen LogP contribution is -2.30. The molecular formula is C83H162O17P2. The van der Waals surface area contributed by atoms with Crippen molar-refractivity contribution >= 4 is 39.5 Å². The number of carbonyl (C=O) groups is 4. The molecule has 0 saturated heterocycles. The molecule has 17 nitrogen and oxygen atoms in total. The molecule has 606 valence electrons. The van der Waals surface area contributed by atoms with E-state index in [4.69, 9.17) is 37.0 Å². The zero-order chi connectivity index (χ0) is 75.3. The van der Waals surface area contributed by atoms with Crippen LogP contribution in [0.1, 0.15) is 428 Å². The van der Waals surface area contributed by atoms with Crippen LogP contribution in [0.4, 0.5) is 0 Å². The molecule has 0 aliphatic rings. The fourth-order valence-electron chi connectivity index (χ4n) is 12.8. The number of phosphoric ester groups is 2. The number of aliphatic hydroxyl groups is 1. The second kappa shape index (κ2) is 72.0. The molecule has 0 radical (unpaired) electrons. The van der Waals surface area contributed by atoms with Gasteiger partial charge in [0.25, 0.3) is 0 Å². The zero-order valence-electron chi connectivity index (χ0n) is 67.2. The second-order valence-electron chi connectivity index (χ2n) is 31.8. The van der Waals surface area contributed by atoms with Crippen LogP contribution in [0.25, 0.3) is 0 Å². The summed E-state index contributed by atoms with van der Waals surface area (Å²) in [6.45, 7) is 14.3. The quantitative estimate of drug-likeness (QED) is 0.0222. The molecule has 0 aliphatic heterocycles. The number of hydrogen-bond donors (Lipinski definition) is 3. The van der Waals surface area contributed by atoms with Crippen molar-refractivity contribution in [2.24, 2.45) is 23.7 Å². The third kappa shape index (κ3) is 76.3. The molecule has 0 amide bonds. The average molecular weight is 1490 g/mol. The van der Waals surface area contributed by atoms with E-state index in [9.17, 15) is 43.2 Å². The molecule has 0 fully saturated rings. The number of aliphatic hydroxyl groups excluding tert-OH is 1. The van der Waals surface area contributed by atoms with Crippen molar-refractivity contribution in [2.45, 2.75) is 446 Å². The molecule has 19 heteroatoms. The van der Waals surface area contributed by atoms with Gasteiger partial charge in [-0.15, -0.1) is 0 Å². The SMILES string of the molecule is CC(C)CCCCCCCCCCCCCCCCCCC(=O)OC[C@H](COP(=O)(O)OCC(O)COP(=O)(O)OC[C@@H](COC(=O)CCCCCCCCCC(C)C)OC(=O)CCCCCCCCCCCCCCCCCC(C)C)OC(=O)CCCCCCCCCCCCCCC(C)C. The molecular weight excluding hydrogens is 1330 g/mol. The minimum absolute atomic E-state index is 0.107. The molecule has 102 heavy (non-hydrogen) atoms. The normalized spacial score (nSPS) is 14.0. The van der Waals surface area contributed by atoms with E-state index in [2.05, 4.69) is 55.4 Å². The Morgan fingerprint density at radius 1 is 0.245 bits per heavy atom. The Hall–Kier alpha value is -1.94. The molecule has 0 heterocycles. The smallest absolute Gasteiger partial charge is 0.462 e. The van der Waals surface area contributed by atoms with Gasteiger partial charge in [0.1, 0.15) is 19.3 Å². The molecule has 0 bridgehead atoms. The van der Waals surface area contributed by atoms with E-state index in [-0.39, 0.29) is 25.7 Å². The highest BCUT2D eigenvalue weighted by atomic mass is 31.2. The van der Waals surface area contributed by atoms with Crippen LogP contribution >= 0.6 is 15.6 Å². The van der Waals surface area contributed by atoms with E-state index in [1.807, 2.05) is 0 Å². The fraction of sp³-hybridized carbons (Fsp3) is 0.952. The maximum absolute atomic E-state index is 13.1. The first-order valence-electron chi connectivity index (χ1n) is 42.7. The Morgan fingerprint density at radius 3 is 0.608 bits per heavy atom. The number of hydrogen-bond acceptors (Lipinski definition) is 15. The first kappa shape index (κ1) is 100. The van der Waals surface area contributed by atoms with E-state index in [1.54, 1.807) is 0 Å². The molecule has 3 N–H and O–H groups in total. The van der Waals surface area contributed by atoms with Gasteiger partial charge in [-0.25, -0.2) is 9.13 Å². The van der Waals surface area contributed by atoms with Crippen molar-refractivity contribution < 1.29 is 80.2 Å². The Labute approximate surface area is 626 Å². The highest BCUT2D eigenvalue weighted by Gasteiger charge is 2.30. The standard InChI is InChI=1S/C83H162O17P2/c1-73(2)59-51-43-35-28-22-16-12-9-10-14-18-25-31-39-47-55-63-80(85)93-69-78(99-83(88)66-58-50-41-33-27-21-20-24-30-37-45-53-61-75(5)6)71-97-101(89,90)95-67-77(84)68-96-102(91,92)98-72-79(70-94-81(86)64-56-48-42-34-38-46-54-62-76(7)8)100-82(87)65-57-49-40-32-26-19-15-11-13-17-23-29-36-44-52-60-74(3)4/h73-79,84H,9-72H2,1-8H3,(H,89,90)(H,91,92)/t77?,78-,79-/m1/s1. The topological polar surface area (TPSA) is 237 Å². The summed E-state index contributed by atoms with van der Waals surface area (Å²) in [6, 6.07) is 0. The van der Waals surface area contributed by atoms with Gasteiger partial charge in [-0.1, -0.05) is 376 Å². The van der Waals surface area contributed by atoms with Crippen molar-refractivity contribution in [3.8, 4) is 0 Å². The van der Waals surface area contributed by atoms with Crippen LogP contribution in [0.3, 0.4) is 0 Å². The Balaban J connectivity index is 5.22. The number of carbonyl (C=O) groups excluding carboxylic acids is 4. The number of rotatable bonds is 80. The predicted octanol–water partition coefficient (Wildman–Crippen LogP) is 24.8. The third-order valence-electron chi connectivity index (χ3n) is 19.3. The van der Waals surface area contributed by atoms with Crippen molar-refractivity contribution in [2.75, 3.05) is 39.6 Å². The monoisotopic (exact) mass is 1490 g/mol. The predicted molar refractivity (Wildman–Crippen MR) is 418 cm³/mol. The second-order valence-corrected chi connectivity index (χ2v) is 34.7. The summed E-state index contributed by atoms with van der Waals surface area (Å²) in [7, 11) is -9.92. The van der Waals surface area contributed by atoms with E-state index >= 15 is 0 Å². The van der Waals surface area contributed by atoms with Crippen LogP contribution in [-0.4, -0.2) is 96.7 Å². The highest BCUT2D eigenvalue weighted by molar-refractivity contribution is 7.47. The fourth-order valence-corrected chi connectivity index (χ4v) is 14.4. The molecule has 3 unspecified atom stereocenters. The Morgan fingerprint density at radius 2 is 0.412 bits per heavy atom. The molecule has 0 spiro atoms. The summed E-state index contributed by atoms with van der Waals surface area (Å²) < 4.78 is 68.8. The van der Waals surface area contributed by atoms with E-state index in [0.717, 1.165) is 114 Å². The largest absolute Gasteiger partial charge is 0.472 e. The molecule has 0 rings (SSSR count). The number of esters is 4. The average Bonchev–Trinajstić information content (AvgIpc) is 0.909. The summed E-state index contributed by atoms with van der Waals surface area (Å²) >= 11 is 0. The van der Waals surface area contributed by atoms with Gasteiger partial charge in [-0.3, -0.25) is 37.3 Å². The van der Waals surface area contributed by atoms with Gasteiger partial charge in [0.15, 0.2) is 12.2 Å². The lowest BCUT2D eigenvalue weighted by atomic mass is 10.0. The van der Waals surface area contributed by atoms with Gasteiger partial charge in [0.05, 0.1) is 26.4 Å². The molecule has 0 aliphatic carbocycles. The van der Waals surface area contributed by atoms with Crippen LogP contribution in [0.15, 0.2) is 0 Å². The number of phosphoric acid groups is 2. The van der Waals surface area contributed by atoms with Gasteiger partial charge in [-0.2, -0.15) is 0 Å². The Kier molecular flexibility index (Phi) is 70.6. The van der Waals surface area contributed by atoms with E-state index in [1.165, 1.54) is 225 Å². The van der Waals surface area contributed by atoms with Gasteiger partial charge in [-0.05, 0) is 49.4 Å². The van der Waals surface area contributed by atoms with Crippen LogP contribution in [0.2, 0.25) is 0 Å². The van der Waals surface area contributed by atoms with Crippen LogP contribution < -0.4 is 0 Å². The lowest BCUT2D eigenvalue weighted by Gasteiger charge is -2.21. The van der Waals surface area contributed by atoms with Gasteiger partial charge >= 0.3 is 39.5 Å². The van der Waals surface area contributed by atoms with Gasteiger partial charge in [0.2, 0.25) is 0 Å². The van der Waals surface area contributed by atoms with E-state index < -0.39 is 97.5 Å². The van der Waals surface area contributed by atoms with Crippen LogP contribution in [0, 0.1) is 23.7 Å². The van der Waals surface area contributed by atoms with Crippen molar-refractivity contribution in [3.05, 3.63) is 0 Å². The highest BCUT2D eigenvalue weighted by Crippen LogP contribution is 2.45. The maximum atomic E-state index is 13.1. The molecule has 0 aromatic heterocycles. The zero-order valence-corrected chi connectivity index (χ0v) is 69.0. The maximum Gasteiger partial charge on any atom is 0.472 e. The van der Waals surface area contributed by atoms with Crippen LogP contribution in [0.5, 0.6) is 0 Å².